The summed E-state index contributed by atoms with van der Waals surface area (Å²) in [7, 11) is 0. The third kappa shape index (κ3) is 2.83. The molecule has 0 fully saturated rings. The van der Waals surface area contributed by atoms with Crippen molar-refractivity contribution < 1.29 is 9.32 Å². The van der Waals surface area contributed by atoms with Crippen LogP contribution in [0.4, 0.5) is 4.79 Å². The lowest BCUT2D eigenvalue weighted by Gasteiger charge is -2.06. The van der Waals surface area contributed by atoms with Gasteiger partial charge < -0.3 is 9.84 Å². The number of nitrogens with one attached hydrogen (secondary N) is 2. The van der Waals surface area contributed by atoms with Crippen LogP contribution in [-0.2, 0) is 6.54 Å². The molecular weight excluding hydrogens is 302 g/mol. The number of carbonyl (C=O) groups is 1. The molecule has 18 heavy (non-hydrogen) atoms. The number of rotatable bonds is 2. The van der Waals surface area contributed by atoms with Gasteiger partial charge in [-0.15, -0.1) is 0 Å². The number of hydrogen-bond donors (Lipinski definition) is 2. The van der Waals surface area contributed by atoms with E-state index in [9.17, 15) is 4.79 Å². The van der Waals surface area contributed by atoms with E-state index in [1.807, 2.05) is 0 Å². The summed E-state index contributed by atoms with van der Waals surface area (Å²) in [5, 5.41) is 13.8. The summed E-state index contributed by atoms with van der Waals surface area (Å²) < 4.78 is 6.75. The van der Waals surface area contributed by atoms with Gasteiger partial charge in [-0.25, -0.2) is 4.79 Å². The van der Waals surface area contributed by atoms with Gasteiger partial charge in [0.2, 0.25) is 5.89 Å². The van der Waals surface area contributed by atoms with E-state index in [1.165, 1.54) is 16.8 Å². The number of hydrogen-bond acceptors (Lipinski definition) is 5. The van der Waals surface area contributed by atoms with E-state index >= 15 is 0 Å². The summed E-state index contributed by atoms with van der Waals surface area (Å²) in [6.07, 6.45) is 1.51. The Morgan fingerprint density at radius 3 is 3.06 bits per heavy atom. The third-order valence-corrected chi connectivity index (χ3v) is 2.56. The van der Waals surface area contributed by atoms with E-state index in [4.69, 9.17) is 9.93 Å². The summed E-state index contributed by atoms with van der Waals surface area (Å²) in [4.78, 5) is 15.8. The average Bonchev–Trinajstić information content (AvgIpc) is 2.75. The topological polar surface area (TPSA) is 96.8 Å². The Morgan fingerprint density at radius 2 is 2.39 bits per heavy atom. The second-order valence-electron chi connectivity index (χ2n) is 3.50. The molecule has 0 atom stereocenters. The first-order valence-electron chi connectivity index (χ1n) is 5.06. The average molecular weight is 312 g/mol. The largest absolute Gasteiger partial charge is 0.337 e. The Bertz CT molecular complexity index is 633. The van der Waals surface area contributed by atoms with E-state index in [1.54, 1.807) is 13.0 Å². The van der Waals surface area contributed by atoms with Crippen LogP contribution in [0.1, 0.15) is 11.7 Å². The normalized spacial score (nSPS) is 10.3. The molecule has 0 aromatic carbocycles. The van der Waals surface area contributed by atoms with E-state index in [0.717, 1.165) is 0 Å². The number of aromatic nitrogens is 3. The molecule has 2 aromatic heterocycles. The molecule has 0 aliphatic carbocycles. The van der Waals surface area contributed by atoms with Crippen LogP contribution in [0.25, 0.3) is 0 Å². The van der Waals surface area contributed by atoms with Gasteiger partial charge in [0.05, 0.1) is 6.54 Å². The van der Waals surface area contributed by atoms with Crippen molar-refractivity contribution in [3.05, 3.63) is 40.0 Å². The fourth-order valence-corrected chi connectivity index (χ4v) is 1.63. The fourth-order valence-electron chi connectivity index (χ4n) is 1.29. The smallest absolute Gasteiger partial charge is 0.327 e. The van der Waals surface area contributed by atoms with Crippen molar-refractivity contribution in [2.75, 3.05) is 0 Å². The minimum absolute atomic E-state index is 0.0809. The van der Waals surface area contributed by atoms with Crippen LogP contribution in [0.5, 0.6) is 0 Å². The van der Waals surface area contributed by atoms with Gasteiger partial charge in [-0.2, -0.15) is 4.98 Å². The molecule has 0 unspecified atom stereocenters. The summed E-state index contributed by atoms with van der Waals surface area (Å²) in [5.41, 5.74) is 0.0809. The second kappa shape index (κ2) is 5.13. The highest BCUT2D eigenvalue weighted by molar-refractivity contribution is 9.10. The summed E-state index contributed by atoms with van der Waals surface area (Å²) in [5.74, 6) is 0.832. The van der Waals surface area contributed by atoms with Gasteiger partial charge in [-0.05, 0) is 35.0 Å². The van der Waals surface area contributed by atoms with Crippen LogP contribution in [0, 0.1) is 12.3 Å². The van der Waals surface area contributed by atoms with Crippen LogP contribution in [0.15, 0.2) is 27.3 Å². The molecule has 1 amide bonds. The van der Waals surface area contributed by atoms with Gasteiger partial charge in [-0.1, -0.05) is 5.16 Å². The fraction of sp³-hybridized carbons (Fsp3) is 0.200. The van der Waals surface area contributed by atoms with E-state index < -0.39 is 6.03 Å². The van der Waals surface area contributed by atoms with Crippen molar-refractivity contribution in [3.8, 4) is 0 Å². The molecular formula is C10H10BrN5O2. The highest BCUT2D eigenvalue weighted by atomic mass is 79.9. The molecule has 7 nitrogen and oxygen atoms in total. The van der Waals surface area contributed by atoms with Crippen molar-refractivity contribution in [2.24, 2.45) is 0 Å². The Labute approximate surface area is 110 Å². The number of amides is 1. The molecule has 0 aliphatic rings. The maximum atomic E-state index is 11.8. The zero-order chi connectivity index (χ0) is 13.1. The minimum Gasteiger partial charge on any atom is -0.337 e. The Hall–Kier alpha value is -1.96. The lowest BCUT2D eigenvalue weighted by molar-refractivity contribution is 0.239. The Morgan fingerprint density at radius 1 is 1.61 bits per heavy atom. The third-order valence-electron chi connectivity index (χ3n) is 2.09. The zero-order valence-electron chi connectivity index (χ0n) is 9.48. The van der Waals surface area contributed by atoms with Crippen LogP contribution in [0.2, 0.25) is 0 Å². The molecule has 0 radical (unpaired) electrons. The van der Waals surface area contributed by atoms with Gasteiger partial charge >= 0.3 is 6.03 Å². The monoisotopic (exact) mass is 311 g/mol. The van der Waals surface area contributed by atoms with Gasteiger partial charge in [-0.3, -0.25) is 9.98 Å². The van der Waals surface area contributed by atoms with Gasteiger partial charge in [0.1, 0.15) is 5.49 Å². The lowest BCUT2D eigenvalue weighted by Crippen LogP contribution is -2.35. The van der Waals surface area contributed by atoms with Crippen LogP contribution in [0.3, 0.4) is 0 Å². The summed E-state index contributed by atoms with van der Waals surface area (Å²) >= 11 is 3.24. The molecule has 8 heteroatoms. The number of nitrogens with zero attached hydrogens (tertiary/aromatic N) is 3. The minimum atomic E-state index is -0.433. The molecule has 2 rings (SSSR count). The van der Waals surface area contributed by atoms with Crippen molar-refractivity contribution >= 4 is 22.0 Å². The SMILES string of the molecule is Cc1noc(CNC(=O)n2cc(Br)ccc2=N)n1. The summed E-state index contributed by atoms with van der Waals surface area (Å²) in [6.45, 7) is 1.82. The molecule has 2 aromatic rings. The van der Waals surface area contributed by atoms with Crippen LogP contribution in [-0.4, -0.2) is 20.7 Å². The van der Waals surface area contributed by atoms with Crippen molar-refractivity contribution in [3.63, 3.8) is 0 Å². The summed E-state index contributed by atoms with van der Waals surface area (Å²) in [6, 6.07) is 2.77. The van der Waals surface area contributed by atoms with Crippen molar-refractivity contribution in [1.29, 1.82) is 5.41 Å². The first-order valence-corrected chi connectivity index (χ1v) is 5.86. The van der Waals surface area contributed by atoms with Crippen molar-refractivity contribution in [1.82, 2.24) is 20.0 Å². The number of aryl methyl sites for hydroxylation is 1. The number of pyridine rings is 1. The van der Waals surface area contributed by atoms with E-state index in [2.05, 4.69) is 31.4 Å². The first kappa shape index (κ1) is 12.5. The molecule has 2 heterocycles. The quantitative estimate of drug-likeness (QED) is 0.870. The highest BCUT2D eigenvalue weighted by Crippen LogP contribution is 2.04. The molecule has 0 saturated heterocycles. The lowest BCUT2D eigenvalue weighted by atomic mass is 10.5. The molecule has 2 N–H and O–H groups in total. The molecule has 0 saturated carbocycles. The molecule has 0 bridgehead atoms. The Kier molecular flexibility index (Phi) is 3.56. The van der Waals surface area contributed by atoms with E-state index in [-0.39, 0.29) is 12.0 Å². The van der Waals surface area contributed by atoms with Crippen molar-refractivity contribution in [2.45, 2.75) is 13.5 Å². The molecule has 0 spiro atoms. The Balaban J connectivity index is 2.08. The predicted octanol–water partition coefficient (Wildman–Crippen LogP) is 1.18. The predicted molar refractivity (Wildman–Crippen MR) is 64.7 cm³/mol. The number of halogens is 1. The highest BCUT2D eigenvalue weighted by Gasteiger charge is 2.08. The standard InChI is InChI=1S/C10H10BrN5O2/c1-6-14-9(18-15-6)4-13-10(17)16-5-7(11)2-3-8(16)12/h2-3,5,12H,4H2,1H3,(H,13,17). The molecule has 94 valence electrons. The van der Waals surface area contributed by atoms with E-state index in [0.29, 0.717) is 16.2 Å². The van der Waals surface area contributed by atoms with Crippen LogP contribution < -0.4 is 10.8 Å². The van der Waals surface area contributed by atoms with Crippen LogP contribution >= 0.6 is 15.9 Å². The number of carbonyl (C=O) groups excluding carboxylic acids is 1. The van der Waals surface area contributed by atoms with Gasteiger partial charge in [0.25, 0.3) is 0 Å². The second-order valence-corrected chi connectivity index (χ2v) is 4.41. The van der Waals surface area contributed by atoms with Gasteiger partial charge in [0, 0.05) is 10.7 Å². The van der Waals surface area contributed by atoms with Gasteiger partial charge in [0.15, 0.2) is 5.82 Å². The zero-order valence-corrected chi connectivity index (χ0v) is 11.1. The first-order chi connectivity index (χ1) is 8.56. The maximum absolute atomic E-state index is 11.8. The maximum Gasteiger partial charge on any atom is 0.327 e. The molecule has 0 aliphatic heterocycles.